The first kappa shape index (κ1) is 19.4. The summed E-state index contributed by atoms with van der Waals surface area (Å²) >= 11 is 0. The number of carbonyl (C=O) groups is 1. The van der Waals surface area contributed by atoms with E-state index in [2.05, 4.69) is 25.6 Å². The van der Waals surface area contributed by atoms with Crippen LogP contribution in [0, 0.1) is 12.7 Å². The molecule has 1 aromatic heterocycles. The van der Waals surface area contributed by atoms with Crippen LogP contribution in [-0.2, 0) is 17.9 Å². The van der Waals surface area contributed by atoms with E-state index in [0.29, 0.717) is 35.5 Å². The van der Waals surface area contributed by atoms with Crippen LogP contribution < -0.4 is 10.6 Å². The van der Waals surface area contributed by atoms with Gasteiger partial charge in [-0.15, -0.1) is 0 Å². The molecule has 1 fully saturated rings. The Morgan fingerprint density at radius 3 is 2.79 bits per heavy atom. The molecule has 0 spiro atoms. The number of benzene rings is 1. The fourth-order valence-electron chi connectivity index (χ4n) is 3.79. The quantitative estimate of drug-likeness (QED) is 0.592. The Morgan fingerprint density at radius 2 is 2.07 bits per heavy atom. The molecule has 9 heteroatoms. The van der Waals surface area contributed by atoms with Gasteiger partial charge in [0.2, 0.25) is 0 Å². The van der Waals surface area contributed by atoms with Crippen LogP contribution in [0.1, 0.15) is 35.2 Å². The molecule has 2 heterocycles. The summed E-state index contributed by atoms with van der Waals surface area (Å²) in [5.41, 5.74) is 2.73. The Bertz CT molecular complexity index is 960. The Kier molecular flexibility index (Phi) is 5.25. The first-order chi connectivity index (χ1) is 13.9. The van der Waals surface area contributed by atoms with Crippen molar-refractivity contribution >= 4 is 17.4 Å². The van der Waals surface area contributed by atoms with Crippen LogP contribution in [-0.4, -0.2) is 50.0 Å². The van der Waals surface area contributed by atoms with Crippen molar-refractivity contribution in [2.24, 2.45) is 4.99 Å². The first-order valence-electron chi connectivity index (χ1n) is 9.48. The number of nitrogens with zero attached hydrogens (tertiary/aromatic N) is 3. The van der Waals surface area contributed by atoms with Gasteiger partial charge in [-0.05, 0) is 43.0 Å². The van der Waals surface area contributed by atoms with Crippen molar-refractivity contribution in [3.05, 3.63) is 52.7 Å². The summed E-state index contributed by atoms with van der Waals surface area (Å²) in [4.78, 5) is 25.5. The highest BCUT2D eigenvalue weighted by Gasteiger charge is 2.35. The fraction of sp³-hybridized carbons (Fsp3) is 0.400. The minimum absolute atomic E-state index is 0.162. The van der Waals surface area contributed by atoms with Gasteiger partial charge in [0.1, 0.15) is 23.7 Å². The summed E-state index contributed by atoms with van der Waals surface area (Å²) in [5, 5.41) is 25.7. The molecule has 4 rings (SSSR count). The van der Waals surface area contributed by atoms with E-state index in [1.807, 2.05) is 0 Å². The summed E-state index contributed by atoms with van der Waals surface area (Å²) in [5.74, 6) is -0.355. The van der Waals surface area contributed by atoms with Gasteiger partial charge in [0.25, 0.3) is 5.91 Å². The van der Waals surface area contributed by atoms with Crippen molar-refractivity contribution in [3.63, 3.8) is 0 Å². The molecule has 1 aromatic carbocycles. The first-order valence-corrected chi connectivity index (χ1v) is 9.48. The van der Waals surface area contributed by atoms with Gasteiger partial charge in [-0.3, -0.25) is 9.79 Å². The molecule has 0 saturated heterocycles. The number of anilines is 1. The third-order valence-electron chi connectivity index (χ3n) is 5.22. The number of aliphatic imine (C=N–C) groups is 1. The number of aryl methyl sites for hydroxylation is 1. The maximum atomic E-state index is 13.6. The molecule has 1 aliphatic carbocycles. The average molecular weight is 399 g/mol. The lowest BCUT2D eigenvalue weighted by atomic mass is 10.1. The van der Waals surface area contributed by atoms with Crippen LogP contribution in [0.25, 0.3) is 0 Å². The Labute approximate surface area is 166 Å². The highest BCUT2D eigenvalue weighted by Crippen LogP contribution is 2.28. The molecule has 8 nitrogen and oxygen atoms in total. The second kappa shape index (κ2) is 7.84. The van der Waals surface area contributed by atoms with Gasteiger partial charge in [-0.2, -0.15) is 0 Å². The normalized spacial score (nSPS) is 22.9. The second-order valence-corrected chi connectivity index (χ2v) is 7.41. The van der Waals surface area contributed by atoms with E-state index in [-0.39, 0.29) is 30.7 Å². The molecule has 3 atom stereocenters. The third kappa shape index (κ3) is 3.96. The van der Waals surface area contributed by atoms with Gasteiger partial charge >= 0.3 is 0 Å². The number of fused-ring (bicyclic) bond motifs is 1. The van der Waals surface area contributed by atoms with Gasteiger partial charge in [-0.25, -0.2) is 14.4 Å². The number of hydrogen-bond acceptors (Lipinski definition) is 7. The molecular formula is C20H22FN5O3. The Hall–Kier alpha value is -2.91. The predicted octanol–water partition coefficient (Wildman–Crippen LogP) is 0.839. The fourth-order valence-corrected chi connectivity index (χ4v) is 3.79. The molecular weight excluding hydrogens is 377 g/mol. The molecule has 152 valence electrons. The van der Waals surface area contributed by atoms with Crippen LogP contribution >= 0.6 is 0 Å². The van der Waals surface area contributed by atoms with E-state index < -0.39 is 18.1 Å². The summed E-state index contributed by atoms with van der Waals surface area (Å²) in [7, 11) is 0. The van der Waals surface area contributed by atoms with E-state index >= 15 is 0 Å². The highest BCUT2D eigenvalue weighted by atomic mass is 19.1. The minimum Gasteiger partial charge on any atom is -0.390 e. The Balaban J connectivity index is 1.50. The summed E-state index contributed by atoms with van der Waals surface area (Å²) < 4.78 is 13.6. The van der Waals surface area contributed by atoms with Crippen molar-refractivity contribution in [3.8, 4) is 0 Å². The molecule has 1 saturated carbocycles. The van der Waals surface area contributed by atoms with Crippen molar-refractivity contribution < 1.29 is 19.4 Å². The molecule has 0 radical (unpaired) electrons. The number of aliphatic hydroxyl groups is 2. The smallest absolute Gasteiger partial charge is 0.270 e. The summed E-state index contributed by atoms with van der Waals surface area (Å²) in [6.45, 7) is 2.20. The lowest BCUT2D eigenvalue weighted by Crippen LogP contribution is -2.36. The number of rotatable bonds is 5. The molecule has 1 amide bonds. The van der Waals surface area contributed by atoms with E-state index in [9.17, 15) is 19.4 Å². The van der Waals surface area contributed by atoms with E-state index in [1.165, 1.54) is 18.5 Å². The van der Waals surface area contributed by atoms with Crippen molar-refractivity contribution in [1.29, 1.82) is 0 Å². The van der Waals surface area contributed by atoms with Gasteiger partial charge in [0.15, 0.2) is 0 Å². The zero-order chi connectivity index (χ0) is 20.5. The number of aromatic nitrogens is 2. The highest BCUT2D eigenvalue weighted by molar-refractivity contribution is 6.47. The number of aliphatic hydroxyl groups excluding tert-OH is 2. The molecule has 0 unspecified atom stereocenters. The van der Waals surface area contributed by atoms with Crippen molar-refractivity contribution in [2.75, 3.05) is 5.32 Å². The van der Waals surface area contributed by atoms with Crippen molar-refractivity contribution in [2.45, 2.75) is 51.1 Å². The number of halogens is 1. The van der Waals surface area contributed by atoms with Crippen LogP contribution in [0.3, 0.4) is 0 Å². The van der Waals surface area contributed by atoms with Crippen LogP contribution in [0.5, 0.6) is 0 Å². The largest absolute Gasteiger partial charge is 0.390 e. The number of nitrogens with one attached hydrogen (secondary N) is 2. The number of carbonyl (C=O) groups excluding carboxylic acids is 1. The summed E-state index contributed by atoms with van der Waals surface area (Å²) in [6, 6.07) is 4.23. The van der Waals surface area contributed by atoms with Crippen LogP contribution in [0.15, 0.2) is 29.5 Å². The summed E-state index contributed by atoms with van der Waals surface area (Å²) in [6.07, 6.45) is 0.755. The molecule has 1 aliphatic heterocycles. The third-order valence-corrected chi connectivity index (χ3v) is 5.22. The van der Waals surface area contributed by atoms with Gasteiger partial charge in [0, 0.05) is 6.54 Å². The van der Waals surface area contributed by atoms with Gasteiger partial charge in [-0.1, -0.05) is 6.07 Å². The Morgan fingerprint density at radius 1 is 1.24 bits per heavy atom. The zero-order valence-electron chi connectivity index (χ0n) is 15.9. The molecule has 2 aliphatic rings. The lowest BCUT2D eigenvalue weighted by Gasteiger charge is -2.20. The maximum Gasteiger partial charge on any atom is 0.270 e. The molecule has 29 heavy (non-hydrogen) atoms. The van der Waals surface area contributed by atoms with E-state index in [1.54, 1.807) is 13.0 Å². The monoisotopic (exact) mass is 399 g/mol. The van der Waals surface area contributed by atoms with E-state index in [4.69, 9.17) is 0 Å². The SMILES string of the molecule is Cc1cc(F)cc(CNC(=O)C2=NCc3ncnc(N[C@@H]4CC[C@@H](O)[C@H]4O)c32)c1. The second-order valence-electron chi connectivity index (χ2n) is 7.41. The topological polar surface area (TPSA) is 120 Å². The average Bonchev–Trinajstić information content (AvgIpc) is 3.25. The van der Waals surface area contributed by atoms with Crippen LogP contribution in [0.2, 0.25) is 0 Å². The predicted molar refractivity (Wildman–Crippen MR) is 104 cm³/mol. The van der Waals surface area contributed by atoms with Crippen LogP contribution in [0.4, 0.5) is 10.2 Å². The molecule has 4 N–H and O–H groups in total. The number of amides is 1. The zero-order valence-corrected chi connectivity index (χ0v) is 15.9. The van der Waals surface area contributed by atoms with Gasteiger partial charge in [0.05, 0.1) is 36.1 Å². The maximum absolute atomic E-state index is 13.6. The molecule has 0 bridgehead atoms. The minimum atomic E-state index is -0.910. The van der Waals surface area contributed by atoms with Gasteiger partial charge < -0.3 is 20.8 Å². The number of hydrogen-bond donors (Lipinski definition) is 4. The van der Waals surface area contributed by atoms with E-state index in [0.717, 1.165) is 5.56 Å². The van der Waals surface area contributed by atoms with Crippen molar-refractivity contribution in [1.82, 2.24) is 15.3 Å². The standard InChI is InChI=1S/C20H22FN5O3/c1-10-4-11(6-12(21)5-10)7-23-20(29)17-16-14(8-22-17)24-9-25-19(16)26-13-2-3-15(27)18(13)28/h4-6,9,13,15,18,27-28H,2-3,7-8H2,1H3,(H,23,29)(H,24,25,26)/t13-,15-,18+/m1/s1. The lowest BCUT2D eigenvalue weighted by molar-refractivity contribution is -0.114. The molecule has 2 aromatic rings.